The molecule has 6 nitrogen and oxygen atoms in total. The van der Waals surface area contributed by atoms with Gasteiger partial charge in [0.15, 0.2) is 5.78 Å². The second-order valence-electron chi connectivity index (χ2n) is 6.92. The van der Waals surface area contributed by atoms with Gasteiger partial charge in [-0.3, -0.25) is 9.59 Å². The van der Waals surface area contributed by atoms with E-state index in [9.17, 15) is 18.8 Å². The maximum absolute atomic E-state index is 13.5. The molecule has 0 aromatic heterocycles. The summed E-state index contributed by atoms with van der Waals surface area (Å²) in [5, 5.41) is 0. The van der Waals surface area contributed by atoms with Gasteiger partial charge in [0.25, 0.3) is 5.91 Å². The molecule has 0 aliphatic carbocycles. The Balaban J connectivity index is 2.37. The number of rotatable bonds is 9. The molecule has 1 amide bonds. The Morgan fingerprint density at radius 2 is 1.74 bits per heavy atom. The van der Waals surface area contributed by atoms with E-state index in [1.54, 1.807) is 37.3 Å². The smallest absolute Gasteiger partial charge is 0.330 e. The largest absolute Gasteiger partial charge is 0.496 e. The molecule has 2 aromatic carbocycles. The summed E-state index contributed by atoms with van der Waals surface area (Å²) in [6.45, 7) is 5.81. The molecule has 2 aromatic rings. The molecular weight excluding hydrogens is 401 g/mol. The number of ether oxygens (including phenoxy) is 2. The van der Waals surface area contributed by atoms with E-state index in [1.165, 1.54) is 30.2 Å². The maximum atomic E-state index is 13.5. The zero-order valence-electron chi connectivity index (χ0n) is 18.1. The topological polar surface area (TPSA) is 72.9 Å². The summed E-state index contributed by atoms with van der Waals surface area (Å²) in [6, 6.07) is 9.86. The molecule has 0 heterocycles. The third-order valence-electron chi connectivity index (χ3n) is 4.54. The molecule has 0 saturated heterocycles. The molecule has 0 aliphatic rings. The lowest BCUT2D eigenvalue weighted by Crippen LogP contribution is -2.38. The standard InChI is InChI=1S/C24H26FNO5/c1-5-31-22(27)11-8-14-26(16(2)3)24(29)19-10-7-6-9-18(19)23(28)20-13-12-17(25)15-21(20)30-4/h6-13,15-16H,5,14H2,1-4H3/b11-8+. The number of carbonyl (C=O) groups is 3. The van der Waals surface area contributed by atoms with Crippen LogP contribution in [0.25, 0.3) is 0 Å². The lowest BCUT2D eigenvalue weighted by molar-refractivity contribution is -0.137. The Hall–Kier alpha value is -3.48. The van der Waals surface area contributed by atoms with Crippen LogP contribution in [0, 0.1) is 5.82 Å². The van der Waals surface area contributed by atoms with Crippen LogP contribution in [0.15, 0.2) is 54.6 Å². The van der Waals surface area contributed by atoms with Crippen molar-refractivity contribution in [1.82, 2.24) is 4.90 Å². The van der Waals surface area contributed by atoms with Gasteiger partial charge in [-0.15, -0.1) is 0 Å². The molecule has 164 valence electrons. The lowest BCUT2D eigenvalue weighted by Gasteiger charge is -2.26. The molecular formula is C24H26FNO5. The third-order valence-corrected chi connectivity index (χ3v) is 4.54. The van der Waals surface area contributed by atoms with Gasteiger partial charge in [0, 0.05) is 30.3 Å². The van der Waals surface area contributed by atoms with Crippen molar-refractivity contribution < 1.29 is 28.2 Å². The van der Waals surface area contributed by atoms with Crippen LogP contribution in [0.2, 0.25) is 0 Å². The SMILES string of the molecule is CCOC(=O)/C=C/CN(C(=O)c1ccccc1C(=O)c1ccc(F)cc1OC)C(C)C. The third kappa shape index (κ3) is 6.01. The molecule has 0 radical (unpaired) electrons. The Kier molecular flexibility index (Phi) is 8.49. The fourth-order valence-electron chi connectivity index (χ4n) is 3.00. The molecule has 0 fully saturated rings. The van der Waals surface area contributed by atoms with Gasteiger partial charge in [0.2, 0.25) is 0 Å². The number of methoxy groups -OCH3 is 1. The number of carbonyl (C=O) groups excluding carboxylic acids is 3. The molecule has 0 unspecified atom stereocenters. The average molecular weight is 427 g/mol. The van der Waals surface area contributed by atoms with Gasteiger partial charge in [0.1, 0.15) is 11.6 Å². The van der Waals surface area contributed by atoms with Gasteiger partial charge < -0.3 is 14.4 Å². The van der Waals surface area contributed by atoms with Crippen molar-refractivity contribution in [3.63, 3.8) is 0 Å². The normalized spacial score (nSPS) is 10.9. The highest BCUT2D eigenvalue weighted by Crippen LogP contribution is 2.25. The predicted octanol–water partition coefficient (Wildman–Crippen LogP) is 4.04. The molecule has 0 saturated carbocycles. The van der Waals surface area contributed by atoms with Gasteiger partial charge in [0.05, 0.1) is 24.8 Å². The number of esters is 1. The fraction of sp³-hybridized carbons (Fsp3) is 0.292. The van der Waals surface area contributed by atoms with E-state index in [1.807, 2.05) is 13.8 Å². The lowest BCUT2D eigenvalue weighted by atomic mass is 9.96. The van der Waals surface area contributed by atoms with Crippen LogP contribution in [-0.4, -0.2) is 48.9 Å². The van der Waals surface area contributed by atoms with Gasteiger partial charge >= 0.3 is 5.97 Å². The number of benzene rings is 2. The first-order chi connectivity index (χ1) is 14.8. The average Bonchev–Trinajstić information content (AvgIpc) is 2.75. The molecule has 7 heteroatoms. The minimum absolute atomic E-state index is 0.0883. The van der Waals surface area contributed by atoms with E-state index in [0.29, 0.717) is 0 Å². The number of nitrogens with zero attached hydrogens (tertiary/aromatic N) is 1. The minimum atomic E-state index is -0.530. The highest BCUT2D eigenvalue weighted by molar-refractivity contribution is 6.16. The number of hydrogen-bond acceptors (Lipinski definition) is 5. The summed E-state index contributed by atoms with van der Waals surface area (Å²) in [5.41, 5.74) is 0.539. The molecule has 0 aliphatic heterocycles. The fourth-order valence-corrected chi connectivity index (χ4v) is 3.00. The summed E-state index contributed by atoms with van der Waals surface area (Å²) in [6.07, 6.45) is 2.82. The predicted molar refractivity (Wildman–Crippen MR) is 115 cm³/mol. The summed E-state index contributed by atoms with van der Waals surface area (Å²) < 4.78 is 23.5. The summed E-state index contributed by atoms with van der Waals surface area (Å²) in [4.78, 5) is 39.5. The van der Waals surface area contributed by atoms with Crippen molar-refractivity contribution in [1.29, 1.82) is 0 Å². The molecule has 0 spiro atoms. The van der Waals surface area contributed by atoms with Gasteiger partial charge in [-0.25, -0.2) is 9.18 Å². The van der Waals surface area contributed by atoms with E-state index in [-0.39, 0.29) is 47.5 Å². The summed E-state index contributed by atoms with van der Waals surface area (Å²) in [5.74, 6) is -1.75. The van der Waals surface area contributed by atoms with E-state index >= 15 is 0 Å². The number of hydrogen-bond donors (Lipinski definition) is 0. The Morgan fingerprint density at radius 3 is 2.35 bits per heavy atom. The van der Waals surface area contributed by atoms with Crippen LogP contribution in [0.5, 0.6) is 5.75 Å². The van der Waals surface area contributed by atoms with E-state index in [0.717, 1.165) is 6.07 Å². The van der Waals surface area contributed by atoms with Crippen molar-refractivity contribution in [3.05, 3.63) is 77.1 Å². The minimum Gasteiger partial charge on any atom is -0.496 e. The first kappa shape index (κ1) is 23.8. The molecule has 0 atom stereocenters. The number of amides is 1. The molecule has 31 heavy (non-hydrogen) atoms. The van der Waals surface area contributed by atoms with E-state index < -0.39 is 17.6 Å². The summed E-state index contributed by atoms with van der Waals surface area (Å²) >= 11 is 0. The van der Waals surface area contributed by atoms with Crippen LogP contribution in [0.1, 0.15) is 47.1 Å². The van der Waals surface area contributed by atoms with Crippen LogP contribution < -0.4 is 4.74 Å². The Labute approximate surface area is 181 Å². The van der Waals surface area contributed by atoms with Crippen LogP contribution >= 0.6 is 0 Å². The monoisotopic (exact) mass is 427 g/mol. The quantitative estimate of drug-likeness (QED) is 0.343. The second-order valence-corrected chi connectivity index (χ2v) is 6.92. The highest BCUT2D eigenvalue weighted by atomic mass is 19.1. The highest BCUT2D eigenvalue weighted by Gasteiger charge is 2.25. The number of halogens is 1. The zero-order valence-corrected chi connectivity index (χ0v) is 18.1. The molecule has 2 rings (SSSR count). The van der Waals surface area contributed by atoms with Gasteiger partial charge in [-0.05, 0) is 39.0 Å². The van der Waals surface area contributed by atoms with Crippen molar-refractivity contribution in [2.24, 2.45) is 0 Å². The Bertz CT molecular complexity index is 984. The van der Waals surface area contributed by atoms with Crippen LogP contribution in [0.3, 0.4) is 0 Å². The van der Waals surface area contributed by atoms with Gasteiger partial charge in [-0.2, -0.15) is 0 Å². The summed E-state index contributed by atoms with van der Waals surface area (Å²) in [7, 11) is 1.35. The Morgan fingerprint density at radius 1 is 1.06 bits per heavy atom. The van der Waals surface area contributed by atoms with Crippen molar-refractivity contribution in [2.75, 3.05) is 20.3 Å². The van der Waals surface area contributed by atoms with Crippen molar-refractivity contribution >= 4 is 17.7 Å². The first-order valence-corrected chi connectivity index (χ1v) is 9.91. The van der Waals surface area contributed by atoms with Crippen molar-refractivity contribution in [3.8, 4) is 5.75 Å². The van der Waals surface area contributed by atoms with Crippen molar-refractivity contribution in [2.45, 2.75) is 26.8 Å². The molecule has 0 N–H and O–H groups in total. The molecule has 0 bridgehead atoms. The van der Waals surface area contributed by atoms with Crippen LogP contribution in [-0.2, 0) is 9.53 Å². The first-order valence-electron chi connectivity index (χ1n) is 9.91. The number of ketones is 1. The van der Waals surface area contributed by atoms with Gasteiger partial charge in [-0.1, -0.05) is 24.3 Å². The van der Waals surface area contributed by atoms with E-state index in [4.69, 9.17) is 9.47 Å². The van der Waals surface area contributed by atoms with Crippen LogP contribution in [0.4, 0.5) is 4.39 Å². The zero-order chi connectivity index (χ0) is 23.0. The van der Waals surface area contributed by atoms with E-state index in [2.05, 4.69) is 0 Å². The maximum Gasteiger partial charge on any atom is 0.330 e. The second kappa shape index (κ2) is 11.1.